The molecule has 3 rings (SSSR count). The summed E-state index contributed by atoms with van der Waals surface area (Å²) in [6, 6.07) is 2.85. The average Bonchev–Trinajstić information content (AvgIpc) is 2.92. The minimum Gasteiger partial charge on any atom is -0.345 e. The van der Waals surface area contributed by atoms with Gasteiger partial charge < -0.3 is 9.88 Å². The molecule has 0 unspecified atom stereocenters. The fraction of sp³-hybridized carbons (Fsp3) is 0.389. The quantitative estimate of drug-likeness (QED) is 0.539. The van der Waals surface area contributed by atoms with E-state index in [2.05, 4.69) is 5.32 Å². The van der Waals surface area contributed by atoms with Gasteiger partial charge in [-0.05, 0) is 17.5 Å². The molecule has 0 atom stereocenters. The van der Waals surface area contributed by atoms with Crippen molar-refractivity contribution in [1.29, 1.82) is 0 Å². The second-order valence-electron chi connectivity index (χ2n) is 7.66. The molecule has 0 aliphatic heterocycles. The van der Waals surface area contributed by atoms with Crippen LogP contribution >= 0.6 is 11.6 Å². The number of sulfone groups is 1. The lowest BCUT2D eigenvalue weighted by atomic mass is 9.69. The number of amides is 1. The number of alkyl halides is 2. The first-order chi connectivity index (χ1) is 13.2. The lowest BCUT2D eigenvalue weighted by Gasteiger charge is -2.44. The van der Waals surface area contributed by atoms with Crippen LogP contribution in [-0.4, -0.2) is 30.6 Å². The maximum absolute atomic E-state index is 13.4. The molecule has 2 aromatic rings. The molecular formula is C18H17ClF4N2O3S. The Kier molecular flexibility index (Phi) is 5.23. The topological polar surface area (TPSA) is 68.2 Å². The lowest BCUT2D eigenvalue weighted by molar-refractivity contribution is -0.144. The van der Waals surface area contributed by atoms with Crippen molar-refractivity contribution in [2.75, 3.05) is 11.1 Å². The van der Waals surface area contributed by atoms with E-state index in [9.17, 15) is 30.8 Å². The van der Waals surface area contributed by atoms with Crippen molar-refractivity contribution in [3.63, 3.8) is 0 Å². The van der Waals surface area contributed by atoms with Crippen molar-refractivity contribution < 1.29 is 30.8 Å². The van der Waals surface area contributed by atoms with E-state index in [1.54, 1.807) is 0 Å². The van der Waals surface area contributed by atoms with E-state index in [4.69, 9.17) is 11.6 Å². The Bertz CT molecular complexity index is 1070. The summed E-state index contributed by atoms with van der Waals surface area (Å²) in [7, 11) is -2.50. The third-order valence-electron chi connectivity index (χ3n) is 4.72. The van der Waals surface area contributed by atoms with Crippen LogP contribution in [0.1, 0.15) is 30.3 Å². The highest BCUT2D eigenvalue weighted by atomic mass is 35.5. The minimum absolute atomic E-state index is 0.0754. The van der Waals surface area contributed by atoms with Crippen molar-refractivity contribution in [1.82, 2.24) is 4.57 Å². The van der Waals surface area contributed by atoms with Crippen LogP contribution in [0, 0.1) is 17.0 Å². The number of anilines is 1. The fourth-order valence-electron chi connectivity index (χ4n) is 3.59. The maximum Gasteiger partial charge on any atom is 0.272 e. The molecule has 1 aromatic heterocycles. The highest BCUT2D eigenvalue weighted by molar-refractivity contribution is 7.91. The fourth-order valence-corrected chi connectivity index (χ4v) is 5.70. The van der Waals surface area contributed by atoms with Crippen LogP contribution in [0.15, 0.2) is 29.3 Å². The van der Waals surface area contributed by atoms with Crippen LogP contribution in [0.3, 0.4) is 0 Å². The Balaban J connectivity index is 1.80. The average molecular weight is 453 g/mol. The smallest absolute Gasteiger partial charge is 0.272 e. The van der Waals surface area contributed by atoms with E-state index < -0.39 is 62.3 Å². The predicted molar refractivity (Wildman–Crippen MR) is 99.1 cm³/mol. The molecule has 0 saturated heterocycles. The predicted octanol–water partition coefficient (Wildman–Crippen LogP) is 4.42. The van der Waals surface area contributed by atoms with E-state index >= 15 is 0 Å². The van der Waals surface area contributed by atoms with Gasteiger partial charge in [-0.15, -0.1) is 0 Å². The molecule has 0 radical (unpaired) electrons. The summed E-state index contributed by atoms with van der Waals surface area (Å²) < 4.78 is 79.5. The first kappa shape index (κ1) is 21.6. The zero-order valence-corrected chi connectivity index (χ0v) is 17.0. The second-order valence-corrected chi connectivity index (χ2v) is 10.1. The van der Waals surface area contributed by atoms with Crippen molar-refractivity contribution >= 4 is 33.0 Å². The number of benzene rings is 1. The second kappa shape index (κ2) is 7.02. The highest BCUT2D eigenvalue weighted by Crippen LogP contribution is 2.52. The normalized spacial score (nSPS) is 17.6. The van der Waals surface area contributed by atoms with Crippen molar-refractivity contribution in [3.05, 3.63) is 46.7 Å². The summed E-state index contributed by atoms with van der Waals surface area (Å²) >= 11 is 5.54. The van der Waals surface area contributed by atoms with Gasteiger partial charge in [-0.1, -0.05) is 18.5 Å². The van der Waals surface area contributed by atoms with Crippen LogP contribution in [0.5, 0.6) is 0 Å². The molecule has 1 aliphatic rings. The number of carbonyl (C=O) groups is 1. The van der Waals surface area contributed by atoms with Gasteiger partial charge in [0.15, 0.2) is 21.5 Å². The van der Waals surface area contributed by atoms with Crippen LogP contribution in [0.4, 0.5) is 23.2 Å². The zero-order chi connectivity index (χ0) is 21.8. The van der Waals surface area contributed by atoms with Crippen molar-refractivity contribution in [2.45, 2.75) is 30.6 Å². The Morgan fingerprint density at radius 1 is 1.24 bits per heavy atom. The van der Waals surface area contributed by atoms with Gasteiger partial charge >= 0.3 is 0 Å². The molecule has 1 aliphatic carbocycles. The third-order valence-corrected chi connectivity index (χ3v) is 7.02. The number of aromatic nitrogens is 1. The maximum atomic E-state index is 13.4. The summed E-state index contributed by atoms with van der Waals surface area (Å²) in [6.07, 6.45) is 0.162. The summed E-state index contributed by atoms with van der Waals surface area (Å²) in [6.45, 7) is 1.48. The number of halogens is 5. The molecule has 0 bridgehead atoms. The van der Waals surface area contributed by atoms with Crippen molar-refractivity contribution in [2.24, 2.45) is 12.5 Å². The van der Waals surface area contributed by atoms with E-state index in [-0.39, 0.29) is 16.3 Å². The zero-order valence-electron chi connectivity index (χ0n) is 15.4. The van der Waals surface area contributed by atoms with Gasteiger partial charge in [-0.25, -0.2) is 26.0 Å². The molecule has 1 aromatic carbocycles. The molecule has 1 N–H and O–H groups in total. The monoisotopic (exact) mass is 452 g/mol. The van der Waals surface area contributed by atoms with Gasteiger partial charge in [-0.3, -0.25) is 4.79 Å². The number of hydrogen-bond donors (Lipinski definition) is 1. The number of carbonyl (C=O) groups excluding carboxylic acids is 1. The van der Waals surface area contributed by atoms with Gasteiger partial charge in [0, 0.05) is 37.8 Å². The van der Waals surface area contributed by atoms with E-state index in [1.807, 2.05) is 0 Å². The molecule has 29 heavy (non-hydrogen) atoms. The molecule has 1 amide bonds. The van der Waals surface area contributed by atoms with Gasteiger partial charge in [-0.2, -0.15) is 0 Å². The molecule has 5 nitrogen and oxygen atoms in total. The highest BCUT2D eigenvalue weighted by Gasteiger charge is 2.55. The Morgan fingerprint density at radius 3 is 2.41 bits per heavy atom. The Hall–Kier alpha value is -2.07. The van der Waals surface area contributed by atoms with Gasteiger partial charge in [0.1, 0.15) is 5.69 Å². The molecule has 11 heteroatoms. The molecular weight excluding hydrogens is 436 g/mol. The number of rotatable bonds is 5. The first-order valence-corrected chi connectivity index (χ1v) is 10.5. The van der Waals surface area contributed by atoms with Crippen LogP contribution in [0.2, 0.25) is 5.02 Å². The van der Waals surface area contributed by atoms with Crippen LogP contribution < -0.4 is 5.32 Å². The number of nitrogens with one attached hydrogen (secondary N) is 1. The molecule has 1 saturated carbocycles. The summed E-state index contributed by atoms with van der Waals surface area (Å²) in [5.41, 5.74) is -1.23. The van der Waals surface area contributed by atoms with E-state index in [0.29, 0.717) is 0 Å². The van der Waals surface area contributed by atoms with Gasteiger partial charge in [0.25, 0.3) is 5.91 Å². The van der Waals surface area contributed by atoms with Crippen LogP contribution in [0.25, 0.3) is 0 Å². The summed E-state index contributed by atoms with van der Waals surface area (Å²) in [5, 5.41) is 1.78. The molecule has 0 spiro atoms. The third kappa shape index (κ3) is 4.42. The Labute approximate surface area is 169 Å². The SMILES string of the molecule is Cn1cc(S(=O)(=O)CC2(C)CC(F)(F)C2)cc1C(=O)Nc1cc(F)c(F)c(Cl)c1. The van der Waals surface area contributed by atoms with Gasteiger partial charge in [0.2, 0.25) is 5.92 Å². The Morgan fingerprint density at radius 2 is 1.86 bits per heavy atom. The summed E-state index contributed by atoms with van der Waals surface area (Å²) in [5.74, 6) is -6.63. The minimum atomic E-state index is -3.92. The van der Waals surface area contributed by atoms with E-state index in [1.165, 1.54) is 24.7 Å². The number of nitrogens with zero attached hydrogens (tertiary/aromatic N) is 1. The number of hydrogen-bond acceptors (Lipinski definition) is 3. The standard InChI is InChI=1S/C18H17ClF4N2O3S/c1-17(7-18(22,23)8-17)9-29(27,28)11-5-14(25(2)6-11)16(26)24-10-3-12(19)15(21)13(20)4-10/h3-6H,7-9H2,1-2H3,(H,24,26). The first-order valence-electron chi connectivity index (χ1n) is 8.44. The number of aryl methyl sites for hydroxylation is 1. The van der Waals surface area contributed by atoms with Crippen molar-refractivity contribution in [3.8, 4) is 0 Å². The molecule has 1 heterocycles. The van der Waals surface area contributed by atoms with E-state index in [0.717, 1.165) is 18.2 Å². The van der Waals surface area contributed by atoms with Crippen LogP contribution in [-0.2, 0) is 16.9 Å². The van der Waals surface area contributed by atoms with Gasteiger partial charge in [0.05, 0.1) is 15.7 Å². The lowest BCUT2D eigenvalue weighted by Crippen LogP contribution is -2.47. The summed E-state index contributed by atoms with van der Waals surface area (Å²) in [4.78, 5) is 12.2. The molecule has 1 fully saturated rings. The largest absolute Gasteiger partial charge is 0.345 e. The molecule has 158 valence electrons.